The molecule has 0 saturated heterocycles. The van der Waals surface area contributed by atoms with Crippen LogP contribution in [0.3, 0.4) is 0 Å². The van der Waals surface area contributed by atoms with Crippen molar-refractivity contribution in [1.82, 2.24) is 10.6 Å². The summed E-state index contributed by atoms with van der Waals surface area (Å²) >= 11 is 3.37. The Bertz CT molecular complexity index is 647. The van der Waals surface area contributed by atoms with Gasteiger partial charge in [-0.2, -0.15) is 0 Å². The summed E-state index contributed by atoms with van der Waals surface area (Å²) in [7, 11) is 1.64. The van der Waals surface area contributed by atoms with Crippen molar-refractivity contribution >= 4 is 22.0 Å². The fourth-order valence-corrected chi connectivity index (χ4v) is 2.34. The summed E-state index contributed by atoms with van der Waals surface area (Å²) in [5.74, 6) is 1.60. The average molecular weight is 393 g/mol. The van der Waals surface area contributed by atoms with Gasteiger partial charge in [0.2, 0.25) is 0 Å². The summed E-state index contributed by atoms with van der Waals surface area (Å²) in [4.78, 5) is 11.7. The highest BCUT2D eigenvalue weighted by molar-refractivity contribution is 9.10. The van der Waals surface area contributed by atoms with E-state index in [9.17, 15) is 4.79 Å². The molecule has 0 spiro atoms. The third-order valence-electron chi connectivity index (χ3n) is 3.30. The third-order valence-corrected chi connectivity index (χ3v) is 3.83. The van der Waals surface area contributed by atoms with Crippen LogP contribution in [0.15, 0.2) is 53.0 Å². The molecule has 0 unspecified atom stereocenters. The number of carbonyl (C=O) groups is 1. The molecular weight excluding hydrogens is 372 g/mol. The maximum absolute atomic E-state index is 11.7. The summed E-state index contributed by atoms with van der Waals surface area (Å²) < 4.78 is 11.7. The molecule has 0 aromatic heterocycles. The van der Waals surface area contributed by atoms with Crippen LogP contribution in [0.25, 0.3) is 0 Å². The fraction of sp³-hybridized carbons (Fsp3) is 0.278. The highest BCUT2D eigenvalue weighted by atomic mass is 79.9. The van der Waals surface area contributed by atoms with Crippen LogP contribution in [-0.2, 0) is 6.42 Å². The standard InChI is InChI=1S/C18H21BrN2O3/c1-23-17-4-2-3-14(13-17)9-10-20-18(22)21-11-12-24-16-7-5-15(19)6-8-16/h2-8,13H,9-12H2,1H3,(H2,20,21,22). The zero-order valence-electron chi connectivity index (χ0n) is 13.5. The molecule has 0 atom stereocenters. The van der Waals surface area contributed by atoms with Crippen molar-refractivity contribution in [2.75, 3.05) is 26.8 Å². The predicted molar refractivity (Wildman–Crippen MR) is 97.7 cm³/mol. The molecule has 2 aromatic rings. The van der Waals surface area contributed by atoms with E-state index in [1.54, 1.807) is 7.11 Å². The van der Waals surface area contributed by atoms with Crippen LogP contribution in [0.5, 0.6) is 11.5 Å². The Labute approximate surface area is 150 Å². The Balaban J connectivity index is 1.58. The van der Waals surface area contributed by atoms with Gasteiger partial charge in [-0.15, -0.1) is 0 Å². The fourth-order valence-electron chi connectivity index (χ4n) is 2.08. The number of amides is 2. The van der Waals surface area contributed by atoms with Crippen LogP contribution in [0.4, 0.5) is 4.79 Å². The maximum Gasteiger partial charge on any atom is 0.314 e. The first-order chi connectivity index (χ1) is 11.7. The van der Waals surface area contributed by atoms with Gasteiger partial charge in [0.1, 0.15) is 18.1 Å². The Morgan fingerprint density at radius 2 is 1.79 bits per heavy atom. The van der Waals surface area contributed by atoms with Gasteiger partial charge >= 0.3 is 6.03 Å². The van der Waals surface area contributed by atoms with Crippen LogP contribution in [0.1, 0.15) is 5.56 Å². The first kappa shape index (κ1) is 18.1. The first-order valence-electron chi connectivity index (χ1n) is 7.70. The largest absolute Gasteiger partial charge is 0.497 e. The van der Waals surface area contributed by atoms with E-state index in [0.29, 0.717) is 19.7 Å². The van der Waals surface area contributed by atoms with E-state index < -0.39 is 0 Å². The summed E-state index contributed by atoms with van der Waals surface area (Å²) in [5.41, 5.74) is 1.12. The molecule has 0 fully saturated rings. The summed E-state index contributed by atoms with van der Waals surface area (Å²) in [6, 6.07) is 15.2. The molecule has 0 aliphatic rings. The van der Waals surface area contributed by atoms with E-state index in [0.717, 1.165) is 28.0 Å². The van der Waals surface area contributed by atoms with Gasteiger partial charge in [-0.05, 0) is 48.4 Å². The number of methoxy groups -OCH3 is 1. The first-order valence-corrected chi connectivity index (χ1v) is 8.49. The number of benzene rings is 2. The monoisotopic (exact) mass is 392 g/mol. The number of halogens is 1. The van der Waals surface area contributed by atoms with Crippen molar-refractivity contribution in [3.05, 3.63) is 58.6 Å². The lowest BCUT2D eigenvalue weighted by molar-refractivity contribution is 0.236. The summed E-state index contributed by atoms with van der Waals surface area (Å²) in [6.45, 7) is 1.43. The van der Waals surface area contributed by atoms with E-state index >= 15 is 0 Å². The number of hydrogen-bond acceptors (Lipinski definition) is 3. The smallest absolute Gasteiger partial charge is 0.314 e. The second kappa shape index (κ2) is 9.82. The maximum atomic E-state index is 11.7. The summed E-state index contributed by atoms with van der Waals surface area (Å²) in [5, 5.41) is 5.59. The van der Waals surface area contributed by atoms with Crippen molar-refractivity contribution in [3.63, 3.8) is 0 Å². The summed E-state index contributed by atoms with van der Waals surface area (Å²) in [6.07, 6.45) is 0.750. The van der Waals surface area contributed by atoms with E-state index in [2.05, 4.69) is 26.6 Å². The number of carbonyl (C=O) groups excluding carboxylic acids is 1. The van der Waals surface area contributed by atoms with Gasteiger partial charge in [0, 0.05) is 11.0 Å². The number of ether oxygens (including phenoxy) is 2. The van der Waals surface area contributed by atoms with Crippen molar-refractivity contribution in [3.8, 4) is 11.5 Å². The van der Waals surface area contributed by atoms with Gasteiger partial charge in [0.05, 0.1) is 13.7 Å². The minimum atomic E-state index is -0.197. The zero-order chi connectivity index (χ0) is 17.2. The normalized spacial score (nSPS) is 10.1. The molecule has 128 valence electrons. The van der Waals surface area contributed by atoms with E-state index in [1.165, 1.54) is 0 Å². The molecule has 2 amide bonds. The molecule has 0 saturated carbocycles. The SMILES string of the molecule is COc1cccc(CCNC(=O)NCCOc2ccc(Br)cc2)c1. The molecule has 2 N–H and O–H groups in total. The van der Waals surface area contributed by atoms with Crippen LogP contribution in [0.2, 0.25) is 0 Å². The Morgan fingerprint density at radius 3 is 2.54 bits per heavy atom. The minimum absolute atomic E-state index is 0.197. The molecule has 2 rings (SSSR count). The number of urea groups is 1. The number of hydrogen-bond donors (Lipinski definition) is 2. The molecule has 0 aliphatic carbocycles. The van der Waals surface area contributed by atoms with Crippen molar-refractivity contribution < 1.29 is 14.3 Å². The molecule has 0 radical (unpaired) electrons. The lowest BCUT2D eigenvalue weighted by Gasteiger charge is -2.09. The quantitative estimate of drug-likeness (QED) is 0.676. The van der Waals surface area contributed by atoms with Gasteiger partial charge in [-0.1, -0.05) is 28.1 Å². The van der Waals surface area contributed by atoms with Crippen LogP contribution >= 0.6 is 15.9 Å². The van der Waals surface area contributed by atoms with E-state index in [1.807, 2.05) is 48.5 Å². The number of nitrogens with one attached hydrogen (secondary N) is 2. The Kier molecular flexibility index (Phi) is 7.42. The Morgan fingerprint density at radius 1 is 1.04 bits per heavy atom. The van der Waals surface area contributed by atoms with Crippen molar-refractivity contribution in [2.24, 2.45) is 0 Å². The molecule has 2 aromatic carbocycles. The molecule has 0 heterocycles. The van der Waals surface area contributed by atoms with Crippen molar-refractivity contribution in [2.45, 2.75) is 6.42 Å². The second-order valence-electron chi connectivity index (χ2n) is 5.09. The van der Waals surface area contributed by atoms with Gasteiger partial charge < -0.3 is 20.1 Å². The zero-order valence-corrected chi connectivity index (χ0v) is 15.1. The van der Waals surface area contributed by atoms with Crippen molar-refractivity contribution in [1.29, 1.82) is 0 Å². The lowest BCUT2D eigenvalue weighted by atomic mass is 10.1. The van der Waals surface area contributed by atoms with Gasteiger partial charge in [-0.3, -0.25) is 0 Å². The van der Waals surface area contributed by atoms with Crippen LogP contribution in [0, 0.1) is 0 Å². The molecule has 24 heavy (non-hydrogen) atoms. The Hall–Kier alpha value is -2.21. The van der Waals surface area contributed by atoms with E-state index in [-0.39, 0.29) is 6.03 Å². The lowest BCUT2D eigenvalue weighted by Crippen LogP contribution is -2.38. The van der Waals surface area contributed by atoms with Gasteiger partial charge in [0.25, 0.3) is 0 Å². The topological polar surface area (TPSA) is 59.6 Å². The highest BCUT2D eigenvalue weighted by Gasteiger charge is 2.01. The molecular formula is C18H21BrN2O3. The van der Waals surface area contributed by atoms with Gasteiger partial charge in [0.15, 0.2) is 0 Å². The number of rotatable bonds is 8. The molecule has 5 nitrogen and oxygen atoms in total. The van der Waals surface area contributed by atoms with E-state index in [4.69, 9.17) is 9.47 Å². The molecule has 0 aliphatic heterocycles. The van der Waals surface area contributed by atoms with Crippen LogP contribution in [-0.4, -0.2) is 32.8 Å². The predicted octanol–water partition coefficient (Wildman–Crippen LogP) is 3.38. The minimum Gasteiger partial charge on any atom is -0.497 e. The molecule has 6 heteroatoms. The molecule has 0 bridgehead atoms. The van der Waals surface area contributed by atoms with Crippen LogP contribution < -0.4 is 20.1 Å². The third kappa shape index (κ3) is 6.50. The average Bonchev–Trinajstić information content (AvgIpc) is 2.60. The highest BCUT2D eigenvalue weighted by Crippen LogP contribution is 2.15. The second-order valence-corrected chi connectivity index (χ2v) is 6.00. The van der Waals surface area contributed by atoms with Gasteiger partial charge in [-0.25, -0.2) is 4.79 Å².